The Bertz CT molecular complexity index is 3630. The molecule has 0 aliphatic heterocycles. The van der Waals surface area contributed by atoms with Crippen LogP contribution in [0.15, 0.2) is 218 Å². The van der Waals surface area contributed by atoms with Crippen LogP contribution >= 0.6 is 11.3 Å². The number of hydrogen-bond acceptors (Lipinski definition) is 4. The third-order valence-corrected chi connectivity index (χ3v) is 12.9. The third kappa shape index (κ3) is 6.26. The Hall–Kier alpha value is -7.99. The molecule has 290 valence electrons. The highest BCUT2D eigenvalue weighted by Gasteiger charge is 2.22. The molecule has 0 amide bonds. The van der Waals surface area contributed by atoms with E-state index in [2.05, 4.69) is 217 Å². The Labute approximate surface area is 362 Å². The van der Waals surface area contributed by atoms with Gasteiger partial charge in [-0.2, -0.15) is 5.10 Å². The zero-order valence-corrected chi connectivity index (χ0v) is 34.3. The van der Waals surface area contributed by atoms with Gasteiger partial charge in [-0.1, -0.05) is 182 Å². The van der Waals surface area contributed by atoms with E-state index >= 15 is 0 Å². The molecule has 4 nitrogen and oxygen atoms in total. The predicted molar refractivity (Wildman–Crippen MR) is 259 cm³/mol. The summed E-state index contributed by atoms with van der Waals surface area (Å²) in [6, 6.07) is 77.3. The molecule has 0 N–H and O–H groups in total. The van der Waals surface area contributed by atoms with Gasteiger partial charge in [0.2, 0.25) is 0 Å². The third-order valence-electron chi connectivity index (χ3n) is 11.8. The Kier molecular flexibility index (Phi) is 8.65. The maximum atomic E-state index is 5.45. The predicted octanol–water partition coefficient (Wildman–Crippen LogP) is 15.3. The van der Waals surface area contributed by atoms with Gasteiger partial charge >= 0.3 is 0 Å². The van der Waals surface area contributed by atoms with Crippen molar-refractivity contribution in [3.8, 4) is 78.7 Å². The standard InChI is InChI=1S/C57H36N4S/c1-4-16-37(17-5-1)49-36-50(59-57(58-49)45-26-14-23-40(32-45)41-30-31-48-47-28-12-13-29-52(47)62-53(48)35-41)43-24-15-25-44(33-43)54-55(39-20-8-3-9-21-39)60-61-51(38-18-6-2-7-19-38)34-42-22-10-11-27-46(42)56(54)61/h1-36H. The Morgan fingerprint density at radius 3 is 1.71 bits per heavy atom. The van der Waals surface area contributed by atoms with Gasteiger partial charge in [0.15, 0.2) is 5.82 Å². The first-order chi connectivity index (χ1) is 30.7. The monoisotopic (exact) mass is 808 g/mol. The zero-order valence-electron chi connectivity index (χ0n) is 33.5. The van der Waals surface area contributed by atoms with Crippen LogP contribution in [0.5, 0.6) is 0 Å². The summed E-state index contributed by atoms with van der Waals surface area (Å²) in [4.78, 5) is 10.6. The summed E-state index contributed by atoms with van der Waals surface area (Å²) in [5.74, 6) is 0.677. The molecule has 62 heavy (non-hydrogen) atoms. The van der Waals surface area contributed by atoms with Crippen LogP contribution in [0, 0.1) is 0 Å². The number of aromatic nitrogens is 4. The van der Waals surface area contributed by atoms with Crippen molar-refractivity contribution in [1.82, 2.24) is 19.6 Å². The first-order valence-corrected chi connectivity index (χ1v) is 21.7. The largest absolute Gasteiger partial charge is 0.231 e. The van der Waals surface area contributed by atoms with E-state index in [0.29, 0.717) is 5.82 Å². The van der Waals surface area contributed by atoms with E-state index in [1.165, 1.54) is 25.7 Å². The number of fused-ring (bicyclic) bond motifs is 6. The lowest BCUT2D eigenvalue weighted by Gasteiger charge is -2.13. The lowest BCUT2D eigenvalue weighted by atomic mass is 9.95. The van der Waals surface area contributed by atoms with E-state index < -0.39 is 0 Å². The average molecular weight is 809 g/mol. The SMILES string of the molecule is c1ccc(-c2cc(-c3cccc(-c4c(-c5ccccc5)nn5c(-c6ccccc6)cc6ccccc6c45)c3)nc(-c3cccc(-c4ccc5c(c4)sc4ccccc45)c3)n2)cc1. The molecule has 0 spiro atoms. The number of pyridine rings is 1. The fourth-order valence-electron chi connectivity index (χ4n) is 8.83. The Balaban J connectivity index is 1.04. The molecule has 4 heterocycles. The van der Waals surface area contributed by atoms with Crippen molar-refractivity contribution < 1.29 is 0 Å². The summed E-state index contributed by atoms with van der Waals surface area (Å²) >= 11 is 1.84. The van der Waals surface area contributed by atoms with Gasteiger partial charge in [0.05, 0.1) is 22.6 Å². The minimum Gasteiger partial charge on any atom is -0.231 e. The quantitative estimate of drug-likeness (QED) is 0.161. The van der Waals surface area contributed by atoms with Crippen molar-refractivity contribution in [1.29, 1.82) is 0 Å². The van der Waals surface area contributed by atoms with Gasteiger partial charge in [0.1, 0.15) is 5.69 Å². The highest BCUT2D eigenvalue weighted by atomic mass is 32.1. The van der Waals surface area contributed by atoms with Crippen LogP contribution < -0.4 is 0 Å². The summed E-state index contributed by atoms with van der Waals surface area (Å²) in [5, 5.41) is 10.3. The van der Waals surface area contributed by atoms with Crippen LogP contribution in [-0.4, -0.2) is 19.6 Å². The van der Waals surface area contributed by atoms with Crippen LogP contribution in [0.2, 0.25) is 0 Å². The van der Waals surface area contributed by atoms with Gasteiger partial charge in [0.25, 0.3) is 0 Å². The average Bonchev–Trinajstić information content (AvgIpc) is 3.94. The Morgan fingerprint density at radius 1 is 0.355 bits per heavy atom. The second-order valence-electron chi connectivity index (χ2n) is 15.6. The fraction of sp³-hybridized carbons (Fsp3) is 0. The Morgan fingerprint density at radius 2 is 0.919 bits per heavy atom. The maximum Gasteiger partial charge on any atom is 0.160 e. The number of rotatable bonds is 7. The van der Waals surface area contributed by atoms with Crippen LogP contribution in [0.3, 0.4) is 0 Å². The van der Waals surface area contributed by atoms with E-state index in [9.17, 15) is 0 Å². The zero-order chi connectivity index (χ0) is 41.0. The van der Waals surface area contributed by atoms with Crippen LogP contribution in [0.25, 0.3) is 115 Å². The number of nitrogens with zero attached hydrogens (tertiary/aromatic N) is 4. The van der Waals surface area contributed by atoms with Gasteiger partial charge < -0.3 is 0 Å². The van der Waals surface area contributed by atoms with E-state index in [4.69, 9.17) is 15.1 Å². The second kappa shape index (κ2) is 14.9. The molecule has 0 saturated heterocycles. The molecular formula is C57H36N4S. The van der Waals surface area contributed by atoms with Crippen molar-refractivity contribution in [3.05, 3.63) is 218 Å². The van der Waals surface area contributed by atoms with Crippen molar-refractivity contribution in [3.63, 3.8) is 0 Å². The number of benzene rings is 8. The van der Waals surface area contributed by atoms with Gasteiger partial charge in [0, 0.05) is 58.9 Å². The first-order valence-electron chi connectivity index (χ1n) is 20.8. The van der Waals surface area contributed by atoms with Crippen molar-refractivity contribution in [2.45, 2.75) is 0 Å². The van der Waals surface area contributed by atoms with Crippen molar-refractivity contribution in [2.75, 3.05) is 0 Å². The lowest BCUT2D eigenvalue weighted by Crippen LogP contribution is -1.96. The molecular weight excluding hydrogens is 773 g/mol. The molecule has 0 radical (unpaired) electrons. The number of hydrogen-bond donors (Lipinski definition) is 0. The molecule has 0 aliphatic rings. The van der Waals surface area contributed by atoms with E-state index in [0.717, 1.165) is 83.6 Å². The van der Waals surface area contributed by atoms with E-state index in [-0.39, 0.29) is 0 Å². The molecule has 8 aromatic carbocycles. The van der Waals surface area contributed by atoms with E-state index in [1.807, 2.05) is 17.4 Å². The van der Waals surface area contributed by atoms with Crippen LogP contribution in [0.4, 0.5) is 0 Å². The molecule has 12 rings (SSSR count). The molecule has 0 bridgehead atoms. The lowest BCUT2D eigenvalue weighted by molar-refractivity contribution is 0.979. The summed E-state index contributed by atoms with van der Waals surface area (Å²) in [5.41, 5.74) is 14.3. The van der Waals surface area contributed by atoms with E-state index in [1.54, 1.807) is 0 Å². The van der Waals surface area contributed by atoms with Gasteiger partial charge in [-0.05, 0) is 58.5 Å². The van der Waals surface area contributed by atoms with Gasteiger partial charge in [-0.25, -0.2) is 14.5 Å². The molecule has 0 fully saturated rings. The summed E-state index contributed by atoms with van der Waals surface area (Å²) in [6.45, 7) is 0. The molecule has 5 heteroatoms. The first kappa shape index (κ1) is 35.9. The summed E-state index contributed by atoms with van der Waals surface area (Å²) < 4.78 is 4.73. The second-order valence-corrected chi connectivity index (χ2v) is 16.7. The van der Waals surface area contributed by atoms with Crippen LogP contribution in [0.1, 0.15) is 0 Å². The fourth-order valence-corrected chi connectivity index (χ4v) is 9.98. The van der Waals surface area contributed by atoms with Gasteiger partial charge in [-0.3, -0.25) is 0 Å². The summed E-state index contributed by atoms with van der Waals surface area (Å²) in [6.07, 6.45) is 0. The molecule has 12 aromatic rings. The van der Waals surface area contributed by atoms with Gasteiger partial charge in [-0.15, -0.1) is 11.3 Å². The normalized spacial score (nSPS) is 11.5. The summed E-state index contributed by atoms with van der Waals surface area (Å²) in [7, 11) is 0. The smallest absolute Gasteiger partial charge is 0.160 e. The topological polar surface area (TPSA) is 43.1 Å². The minimum absolute atomic E-state index is 0.677. The minimum atomic E-state index is 0.677. The highest BCUT2D eigenvalue weighted by Crippen LogP contribution is 2.42. The molecule has 4 aromatic heterocycles. The molecule has 0 saturated carbocycles. The highest BCUT2D eigenvalue weighted by molar-refractivity contribution is 7.25. The maximum absolute atomic E-state index is 5.45. The van der Waals surface area contributed by atoms with Crippen molar-refractivity contribution in [2.24, 2.45) is 0 Å². The molecule has 0 atom stereocenters. The number of thiophene rings is 1. The van der Waals surface area contributed by atoms with Crippen LogP contribution in [-0.2, 0) is 0 Å². The molecule has 0 unspecified atom stereocenters. The molecule has 0 aliphatic carbocycles. The van der Waals surface area contributed by atoms with Crippen molar-refractivity contribution >= 4 is 47.8 Å².